The van der Waals surface area contributed by atoms with Gasteiger partial charge in [0.1, 0.15) is 5.78 Å². The molecule has 2 bridgehead atoms. The van der Waals surface area contributed by atoms with Crippen molar-refractivity contribution in [2.45, 2.75) is 71.0 Å². The van der Waals surface area contributed by atoms with Gasteiger partial charge in [-0.15, -0.1) is 0 Å². The van der Waals surface area contributed by atoms with Crippen LogP contribution in [0.15, 0.2) is 0 Å². The molecule has 0 aliphatic heterocycles. The summed E-state index contributed by atoms with van der Waals surface area (Å²) in [5, 5.41) is 0. The largest absolute Gasteiger partial charge is 0.393 e. The molecule has 0 aromatic carbocycles. The summed E-state index contributed by atoms with van der Waals surface area (Å²) in [7, 11) is -3.98. The van der Waals surface area contributed by atoms with E-state index >= 15 is 0 Å². The fraction of sp³-hybridized carbons (Fsp3) is 0.941. The van der Waals surface area contributed by atoms with E-state index in [9.17, 15) is 26.4 Å². The lowest BCUT2D eigenvalue weighted by molar-refractivity contribution is -0.187. The Morgan fingerprint density at radius 3 is 2.32 bits per heavy atom. The highest BCUT2D eigenvalue weighted by Crippen LogP contribution is 2.64. The zero-order valence-corrected chi connectivity index (χ0v) is 15.5. The fourth-order valence-electron chi connectivity index (χ4n) is 5.37. The van der Waals surface area contributed by atoms with Crippen LogP contribution in [0.2, 0.25) is 0 Å². The molecule has 1 N–H and O–H groups in total. The Labute approximate surface area is 147 Å². The van der Waals surface area contributed by atoms with Crippen molar-refractivity contribution in [3.05, 3.63) is 0 Å². The van der Waals surface area contributed by atoms with Gasteiger partial charge in [0.05, 0.1) is 11.7 Å². The van der Waals surface area contributed by atoms with Crippen molar-refractivity contribution in [2.75, 3.05) is 5.75 Å². The van der Waals surface area contributed by atoms with E-state index < -0.39 is 39.0 Å². The normalized spacial score (nSPS) is 38.3. The molecule has 8 heteroatoms. The number of ketones is 1. The van der Waals surface area contributed by atoms with Gasteiger partial charge in [-0.05, 0) is 37.0 Å². The first-order valence-corrected chi connectivity index (χ1v) is 10.6. The lowest BCUT2D eigenvalue weighted by Gasteiger charge is -2.38. The molecule has 4 atom stereocenters. The molecule has 0 aromatic rings. The Morgan fingerprint density at radius 2 is 1.80 bits per heavy atom. The van der Waals surface area contributed by atoms with Crippen molar-refractivity contribution >= 4 is 15.8 Å². The van der Waals surface area contributed by atoms with E-state index in [0.717, 1.165) is 6.42 Å². The van der Waals surface area contributed by atoms with E-state index in [4.69, 9.17) is 0 Å². The average Bonchev–Trinajstić information content (AvgIpc) is 2.79. The van der Waals surface area contributed by atoms with E-state index in [2.05, 4.69) is 4.72 Å². The molecule has 0 spiro atoms. The molecule has 3 fully saturated rings. The second-order valence-corrected chi connectivity index (χ2v) is 10.3. The molecular weight excluding hydrogens is 355 g/mol. The molecule has 0 saturated heterocycles. The highest BCUT2D eigenvalue weighted by molar-refractivity contribution is 7.89. The van der Waals surface area contributed by atoms with Gasteiger partial charge in [-0.1, -0.05) is 26.7 Å². The Kier molecular flexibility index (Phi) is 4.55. The summed E-state index contributed by atoms with van der Waals surface area (Å²) < 4.78 is 67.4. The summed E-state index contributed by atoms with van der Waals surface area (Å²) in [5.74, 6) is -1.90. The first-order valence-electron chi connectivity index (χ1n) is 8.99. The maximum absolute atomic E-state index is 13.2. The second kappa shape index (κ2) is 5.94. The summed E-state index contributed by atoms with van der Waals surface area (Å²) in [6.07, 6.45) is -1.52. The minimum atomic E-state index is -4.41. The van der Waals surface area contributed by atoms with Crippen LogP contribution in [0.5, 0.6) is 0 Å². The van der Waals surface area contributed by atoms with Gasteiger partial charge in [-0.2, -0.15) is 13.2 Å². The van der Waals surface area contributed by atoms with Crippen LogP contribution in [0.4, 0.5) is 13.2 Å². The van der Waals surface area contributed by atoms with Crippen LogP contribution < -0.4 is 4.72 Å². The third kappa shape index (κ3) is 3.13. The summed E-state index contributed by atoms with van der Waals surface area (Å²) in [6.45, 7) is 3.84. The van der Waals surface area contributed by atoms with Gasteiger partial charge in [0.2, 0.25) is 10.0 Å². The smallest absolute Gasteiger partial charge is 0.299 e. The van der Waals surface area contributed by atoms with Crippen molar-refractivity contribution < 1.29 is 26.4 Å². The Bertz CT molecular complexity index is 659. The lowest BCUT2D eigenvalue weighted by Crippen LogP contribution is -2.51. The molecule has 4 nitrogen and oxygen atoms in total. The maximum atomic E-state index is 13.2. The number of nitrogens with one attached hydrogen (secondary N) is 1. The third-order valence-corrected chi connectivity index (χ3v) is 8.63. The molecular formula is C17H26F3NO3S. The highest BCUT2D eigenvalue weighted by atomic mass is 32.2. The number of hydrogen-bond acceptors (Lipinski definition) is 3. The third-order valence-electron chi connectivity index (χ3n) is 7.09. The summed E-state index contributed by atoms with van der Waals surface area (Å²) in [6, 6.07) is -1.12. The highest BCUT2D eigenvalue weighted by Gasteiger charge is 2.65. The Hall–Kier alpha value is -0.630. The standard InChI is InChI=1S/C17H26F3NO3S/c1-15(2)11-7-8-16(15,14(22)9-11)10-25(23,24)21-13-6-4-3-5-12(13)17(18,19)20/h11-13,21H,3-10H2,1-2H3/t11-,12-,13-,16+/m0/s1. The SMILES string of the molecule is CC1(C)[C@H]2CC[C@@]1(CS(=O)(=O)N[C@H]1CCCC[C@@H]1C(F)(F)F)C(=O)C2. The molecule has 3 rings (SSSR count). The number of Topliss-reactive ketones (excluding diaryl/α,β-unsaturated/α-hetero) is 1. The van der Waals surface area contributed by atoms with Gasteiger partial charge in [-0.3, -0.25) is 4.79 Å². The molecule has 0 heterocycles. The van der Waals surface area contributed by atoms with E-state index in [1.165, 1.54) is 0 Å². The number of halogens is 3. The van der Waals surface area contributed by atoms with Gasteiger partial charge in [0.25, 0.3) is 0 Å². The van der Waals surface area contributed by atoms with E-state index in [1.807, 2.05) is 13.8 Å². The van der Waals surface area contributed by atoms with E-state index in [-0.39, 0.29) is 30.3 Å². The van der Waals surface area contributed by atoms with Crippen molar-refractivity contribution in [1.82, 2.24) is 4.72 Å². The lowest BCUT2D eigenvalue weighted by atomic mass is 9.70. The average molecular weight is 381 g/mol. The number of carbonyl (C=O) groups excluding carboxylic acids is 1. The first kappa shape index (κ1) is 19.1. The fourth-order valence-corrected chi connectivity index (χ4v) is 7.52. The molecule has 3 saturated carbocycles. The topological polar surface area (TPSA) is 63.2 Å². The van der Waals surface area contributed by atoms with Gasteiger partial charge < -0.3 is 0 Å². The van der Waals surface area contributed by atoms with Crippen LogP contribution in [0.3, 0.4) is 0 Å². The minimum absolute atomic E-state index is 0.0462. The molecule has 0 amide bonds. The maximum Gasteiger partial charge on any atom is 0.393 e. The van der Waals surface area contributed by atoms with Crippen LogP contribution in [0, 0.1) is 22.7 Å². The van der Waals surface area contributed by atoms with E-state index in [0.29, 0.717) is 25.7 Å². The number of fused-ring (bicyclic) bond motifs is 2. The Balaban J connectivity index is 1.79. The van der Waals surface area contributed by atoms with Crippen LogP contribution in [0.1, 0.15) is 58.8 Å². The summed E-state index contributed by atoms with van der Waals surface area (Å²) in [5.41, 5.74) is -1.37. The van der Waals surface area contributed by atoms with Crippen molar-refractivity contribution in [2.24, 2.45) is 22.7 Å². The van der Waals surface area contributed by atoms with Crippen molar-refractivity contribution in [3.63, 3.8) is 0 Å². The Morgan fingerprint density at radius 1 is 1.16 bits per heavy atom. The number of sulfonamides is 1. The van der Waals surface area contributed by atoms with Crippen LogP contribution in [-0.2, 0) is 14.8 Å². The predicted molar refractivity (Wildman–Crippen MR) is 87.3 cm³/mol. The van der Waals surface area contributed by atoms with Crippen LogP contribution in [-0.4, -0.2) is 32.2 Å². The van der Waals surface area contributed by atoms with Crippen LogP contribution in [0.25, 0.3) is 0 Å². The molecule has 25 heavy (non-hydrogen) atoms. The first-order chi connectivity index (χ1) is 11.4. The molecule has 0 radical (unpaired) electrons. The number of rotatable bonds is 4. The van der Waals surface area contributed by atoms with Crippen molar-refractivity contribution in [3.8, 4) is 0 Å². The van der Waals surface area contributed by atoms with Crippen LogP contribution >= 0.6 is 0 Å². The number of alkyl halides is 3. The van der Waals surface area contributed by atoms with Gasteiger partial charge >= 0.3 is 6.18 Å². The quantitative estimate of drug-likeness (QED) is 0.812. The van der Waals surface area contributed by atoms with Gasteiger partial charge in [0, 0.05) is 17.9 Å². The second-order valence-electron chi connectivity index (χ2n) is 8.58. The number of carbonyl (C=O) groups is 1. The zero-order valence-electron chi connectivity index (χ0n) is 14.7. The molecule has 144 valence electrons. The summed E-state index contributed by atoms with van der Waals surface area (Å²) >= 11 is 0. The van der Waals surface area contributed by atoms with Gasteiger partial charge in [-0.25, -0.2) is 13.1 Å². The van der Waals surface area contributed by atoms with Gasteiger partial charge in [0.15, 0.2) is 0 Å². The molecule has 0 unspecified atom stereocenters. The monoisotopic (exact) mass is 381 g/mol. The van der Waals surface area contributed by atoms with Crippen molar-refractivity contribution in [1.29, 1.82) is 0 Å². The predicted octanol–water partition coefficient (Wildman–Crippen LogP) is 3.42. The summed E-state index contributed by atoms with van der Waals surface area (Å²) in [4.78, 5) is 12.5. The zero-order chi connectivity index (χ0) is 18.7. The molecule has 0 aromatic heterocycles. The molecule has 3 aliphatic rings. The number of hydrogen-bond donors (Lipinski definition) is 1. The molecule has 3 aliphatic carbocycles. The minimum Gasteiger partial charge on any atom is -0.299 e. The van der Waals surface area contributed by atoms with E-state index in [1.54, 1.807) is 0 Å².